The summed E-state index contributed by atoms with van der Waals surface area (Å²) in [5.74, 6) is 0.240. The third kappa shape index (κ3) is 5.21. The highest BCUT2D eigenvalue weighted by atomic mass is 35.5. The molecule has 0 bridgehead atoms. The minimum Gasteiger partial charge on any atom is -0.340 e. The monoisotopic (exact) mass is 351 g/mol. The third-order valence-corrected chi connectivity index (χ3v) is 4.67. The molecule has 1 aromatic carbocycles. The average molecular weight is 352 g/mol. The number of para-hydroxylation sites is 1. The molecule has 0 spiro atoms. The number of benzene rings is 1. The first-order valence-corrected chi connectivity index (χ1v) is 8.94. The molecule has 1 atom stereocenters. The van der Waals surface area contributed by atoms with E-state index in [9.17, 15) is 9.59 Å². The summed E-state index contributed by atoms with van der Waals surface area (Å²) >= 11 is 6.05. The van der Waals surface area contributed by atoms with E-state index in [0.717, 1.165) is 25.9 Å². The van der Waals surface area contributed by atoms with Crippen molar-refractivity contribution in [1.82, 2.24) is 9.80 Å². The Morgan fingerprint density at radius 3 is 2.50 bits per heavy atom. The van der Waals surface area contributed by atoms with Gasteiger partial charge in [-0.15, -0.1) is 0 Å². The van der Waals surface area contributed by atoms with Crippen molar-refractivity contribution in [1.29, 1.82) is 0 Å². The molecule has 0 aliphatic carbocycles. The zero-order valence-electron chi connectivity index (χ0n) is 14.4. The molecule has 1 heterocycles. The summed E-state index contributed by atoms with van der Waals surface area (Å²) in [7, 11) is 0. The molecule has 2 amide bonds. The van der Waals surface area contributed by atoms with Gasteiger partial charge >= 0.3 is 0 Å². The van der Waals surface area contributed by atoms with E-state index < -0.39 is 0 Å². The Hall–Kier alpha value is -1.59. The highest BCUT2D eigenvalue weighted by Crippen LogP contribution is 2.20. The predicted molar refractivity (Wildman–Crippen MR) is 97.2 cm³/mol. The van der Waals surface area contributed by atoms with E-state index in [0.29, 0.717) is 30.3 Å². The smallest absolute Gasteiger partial charge is 0.238 e. The van der Waals surface area contributed by atoms with Crippen molar-refractivity contribution in [2.45, 2.75) is 26.7 Å². The van der Waals surface area contributed by atoms with Crippen LogP contribution in [0.5, 0.6) is 0 Å². The van der Waals surface area contributed by atoms with Gasteiger partial charge in [0, 0.05) is 32.1 Å². The SMILES string of the molecule is CCCC(C)C(=O)N1CCN(CC(=O)Nc2ccccc2Cl)CC1. The van der Waals surface area contributed by atoms with Gasteiger partial charge in [0.2, 0.25) is 11.8 Å². The van der Waals surface area contributed by atoms with Crippen molar-refractivity contribution in [3.63, 3.8) is 0 Å². The van der Waals surface area contributed by atoms with Crippen molar-refractivity contribution in [3.05, 3.63) is 29.3 Å². The van der Waals surface area contributed by atoms with Crippen molar-refractivity contribution in [2.24, 2.45) is 5.92 Å². The van der Waals surface area contributed by atoms with Gasteiger partial charge < -0.3 is 10.2 Å². The lowest BCUT2D eigenvalue weighted by molar-refractivity contribution is -0.137. The van der Waals surface area contributed by atoms with E-state index in [1.54, 1.807) is 12.1 Å². The summed E-state index contributed by atoms with van der Waals surface area (Å²) in [5.41, 5.74) is 0.631. The molecule has 5 nitrogen and oxygen atoms in total. The number of nitrogens with one attached hydrogen (secondary N) is 1. The van der Waals surface area contributed by atoms with Gasteiger partial charge in [-0.25, -0.2) is 0 Å². The fraction of sp³-hybridized carbons (Fsp3) is 0.556. The van der Waals surface area contributed by atoms with Crippen LogP contribution >= 0.6 is 11.6 Å². The topological polar surface area (TPSA) is 52.7 Å². The summed E-state index contributed by atoms with van der Waals surface area (Å²) in [5, 5.41) is 3.37. The van der Waals surface area contributed by atoms with Gasteiger partial charge in [0.05, 0.1) is 17.3 Å². The van der Waals surface area contributed by atoms with E-state index in [-0.39, 0.29) is 17.7 Å². The first kappa shape index (κ1) is 18.7. The maximum absolute atomic E-state index is 12.3. The van der Waals surface area contributed by atoms with Gasteiger partial charge in [-0.1, -0.05) is 44.0 Å². The largest absolute Gasteiger partial charge is 0.340 e. The van der Waals surface area contributed by atoms with Crippen LogP contribution in [-0.2, 0) is 9.59 Å². The van der Waals surface area contributed by atoms with Crippen LogP contribution in [0.3, 0.4) is 0 Å². The molecule has 1 N–H and O–H groups in total. The quantitative estimate of drug-likeness (QED) is 0.857. The molecule has 1 unspecified atom stereocenters. The molecule has 1 aromatic rings. The Morgan fingerprint density at radius 1 is 1.21 bits per heavy atom. The lowest BCUT2D eigenvalue weighted by Crippen LogP contribution is -2.51. The van der Waals surface area contributed by atoms with Crippen molar-refractivity contribution >= 4 is 29.1 Å². The Labute approximate surface area is 149 Å². The van der Waals surface area contributed by atoms with Crippen molar-refractivity contribution < 1.29 is 9.59 Å². The first-order chi connectivity index (χ1) is 11.5. The highest BCUT2D eigenvalue weighted by molar-refractivity contribution is 6.33. The van der Waals surface area contributed by atoms with Crippen LogP contribution in [0.25, 0.3) is 0 Å². The zero-order valence-corrected chi connectivity index (χ0v) is 15.2. The summed E-state index contributed by atoms with van der Waals surface area (Å²) in [4.78, 5) is 28.4. The molecule has 6 heteroatoms. The molecule has 1 aliphatic rings. The fourth-order valence-electron chi connectivity index (χ4n) is 2.95. The van der Waals surface area contributed by atoms with Crippen LogP contribution in [0.2, 0.25) is 5.02 Å². The van der Waals surface area contributed by atoms with Crippen LogP contribution in [-0.4, -0.2) is 54.3 Å². The van der Waals surface area contributed by atoms with Crippen LogP contribution in [0.15, 0.2) is 24.3 Å². The molecule has 1 fully saturated rings. The van der Waals surface area contributed by atoms with Crippen molar-refractivity contribution in [3.8, 4) is 0 Å². The molecule has 1 aliphatic heterocycles. The molecular formula is C18H26ClN3O2. The maximum atomic E-state index is 12.3. The van der Waals surface area contributed by atoms with E-state index in [1.807, 2.05) is 24.0 Å². The van der Waals surface area contributed by atoms with Crippen LogP contribution in [0.1, 0.15) is 26.7 Å². The molecule has 0 saturated carbocycles. The van der Waals surface area contributed by atoms with Gasteiger partial charge in [0.25, 0.3) is 0 Å². The predicted octanol–water partition coefficient (Wildman–Crippen LogP) is 2.86. The fourth-order valence-corrected chi connectivity index (χ4v) is 3.13. The molecule has 24 heavy (non-hydrogen) atoms. The highest BCUT2D eigenvalue weighted by Gasteiger charge is 2.25. The number of halogens is 1. The van der Waals surface area contributed by atoms with E-state index in [1.165, 1.54) is 0 Å². The summed E-state index contributed by atoms with van der Waals surface area (Å²) in [6.07, 6.45) is 1.95. The number of nitrogens with zero attached hydrogens (tertiary/aromatic N) is 2. The van der Waals surface area contributed by atoms with Gasteiger partial charge in [-0.2, -0.15) is 0 Å². The number of amides is 2. The van der Waals surface area contributed by atoms with Crippen LogP contribution in [0.4, 0.5) is 5.69 Å². The summed E-state index contributed by atoms with van der Waals surface area (Å²) in [6, 6.07) is 7.20. The second-order valence-corrected chi connectivity index (χ2v) is 6.73. The normalized spacial score (nSPS) is 16.7. The molecule has 132 valence electrons. The Balaban J connectivity index is 1.77. The van der Waals surface area contributed by atoms with E-state index >= 15 is 0 Å². The Morgan fingerprint density at radius 2 is 1.88 bits per heavy atom. The van der Waals surface area contributed by atoms with Crippen LogP contribution in [0, 0.1) is 5.92 Å². The van der Waals surface area contributed by atoms with E-state index in [2.05, 4.69) is 17.1 Å². The van der Waals surface area contributed by atoms with Gasteiger partial charge in [0.15, 0.2) is 0 Å². The van der Waals surface area contributed by atoms with Gasteiger partial charge in [-0.3, -0.25) is 14.5 Å². The summed E-state index contributed by atoms with van der Waals surface area (Å²) < 4.78 is 0. The average Bonchev–Trinajstić information content (AvgIpc) is 2.57. The number of rotatable bonds is 6. The lowest BCUT2D eigenvalue weighted by Gasteiger charge is -2.35. The number of hydrogen-bond donors (Lipinski definition) is 1. The van der Waals surface area contributed by atoms with Gasteiger partial charge in [-0.05, 0) is 18.6 Å². The number of carbonyl (C=O) groups is 2. The molecule has 0 radical (unpaired) electrons. The van der Waals surface area contributed by atoms with Gasteiger partial charge in [0.1, 0.15) is 0 Å². The number of carbonyl (C=O) groups excluding carboxylic acids is 2. The Bertz CT molecular complexity index is 571. The minimum atomic E-state index is -0.0813. The standard InChI is InChI=1S/C18H26ClN3O2/c1-3-6-14(2)18(24)22-11-9-21(10-12-22)13-17(23)20-16-8-5-4-7-15(16)19/h4-5,7-8,14H,3,6,9-13H2,1-2H3,(H,20,23). The molecule has 0 aromatic heterocycles. The molecule has 1 saturated heterocycles. The third-order valence-electron chi connectivity index (χ3n) is 4.34. The van der Waals surface area contributed by atoms with Crippen LogP contribution < -0.4 is 5.32 Å². The number of anilines is 1. The first-order valence-electron chi connectivity index (χ1n) is 8.56. The van der Waals surface area contributed by atoms with E-state index in [4.69, 9.17) is 11.6 Å². The zero-order chi connectivity index (χ0) is 17.5. The molecular weight excluding hydrogens is 326 g/mol. The second kappa shape index (κ2) is 9.04. The number of piperazine rings is 1. The second-order valence-electron chi connectivity index (χ2n) is 6.32. The lowest BCUT2D eigenvalue weighted by atomic mass is 10.0. The Kier molecular flexibility index (Phi) is 7.06. The summed E-state index contributed by atoms with van der Waals surface area (Å²) in [6.45, 7) is 7.23. The number of hydrogen-bond acceptors (Lipinski definition) is 3. The molecule has 2 rings (SSSR count). The minimum absolute atomic E-state index is 0.0813. The maximum Gasteiger partial charge on any atom is 0.238 e. The van der Waals surface area contributed by atoms with Crippen molar-refractivity contribution in [2.75, 3.05) is 38.0 Å².